The molecule has 1 N–H and O–H groups in total. The second-order valence-corrected chi connectivity index (χ2v) is 4.59. The van der Waals surface area contributed by atoms with Crippen molar-refractivity contribution in [3.63, 3.8) is 0 Å². The molecular formula is C13H26O2. The van der Waals surface area contributed by atoms with Crippen LogP contribution in [-0.2, 0) is 4.79 Å². The summed E-state index contributed by atoms with van der Waals surface area (Å²) in [6.07, 6.45) is 10.3. The third-order valence-corrected chi connectivity index (χ3v) is 2.90. The molecule has 0 aliphatic carbocycles. The van der Waals surface area contributed by atoms with Gasteiger partial charge in [0.25, 0.3) is 0 Å². The summed E-state index contributed by atoms with van der Waals surface area (Å²) in [5, 5.41) is 8.53. The van der Waals surface area contributed by atoms with Gasteiger partial charge < -0.3 is 5.11 Å². The van der Waals surface area contributed by atoms with Gasteiger partial charge in [-0.2, -0.15) is 0 Å². The normalized spacial score (nSPS) is 12.7. The zero-order chi connectivity index (χ0) is 11.5. The maximum absolute atomic E-state index is 10.4. The van der Waals surface area contributed by atoms with Crippen LogP contribution in [0.2, 0.25) is 0 Å². The summed E-state index contributed by atoms with van der Waals surface area (Å²) >= 11 is 0. The van der Waals surface area contributed by atoms with Crippen LogP contribution in [0.3, 0.4) is 0 Å². The Morgan fingerprint density at radius 2 is 1.67 bits per heavy atom. The Bertz CT molecular complexity index is 155. The van der Waals surface area contributed by atoms with Crippen LogP contribution in [0.1, 0.15) is 71.6 Å². The number of carboxylic acid groups (broad SMARTS) is 1. The van der Waals surface area contributed by atoms with Gasteiger partial charge in [-0.3, -0.25) is 4.79 Å². The van der Waals surface area contributed by atoms with Gasteiger partial charge in [0.2, 0.25) is 0 Å². The highest BCUT2D eigenvalue weighted by molar-refractivity contribution is 5.66. The van der Waals surface area contributed by atoms with Crippen LogP contribution in [-0.4, -0.2) is 11.1 Å². The molecule has 15 heavy (non-hydrogen) atoms. The van der Waals surface area contributed by atoms with E-state index in [2.05, 4.69) is 13.8 Å². The number of carboxylic acids is 1. The molecule has 0 radical (unpaired) electrons. The van der Waals surface area contributed by atoms with E-state index in [1.54, 1.807) is 0 Å². The van der Waals surface area contributed by atoms with Crippen molar-refractivity contribution < 1.29 is 9.90 Å². The molecule has 0 saturated heterocycles. The van der Waals surface area contributed by atoms with E-state index in [4.69, 9.17) is 5.11 Å². The third-order valence-electron chi connectivity index (χ3n) is 2.90. The Morgan fingerprint density at radius 1 is 1.07 bits per heavy atom. The molecule has 0 aliphatic heterocycles. The van der Waals surface area contributed by atoms with E-state index in [0.717, 1.165) is 6.42 Å². The minimum absolute atomic E-state index is 0.330. The van der Waals surface area contributed by atoms with Gasteiger partial charge in [-0.1, -0.05) is 58.8 Å². The molecular weight excluding hydrogens is 188 g/mol. The van der Waals surface area contributed by atoms with Crippen molar-refractivity contribution in [2.45, 2.75) is 71.6 Å². The first-order valence-corrected chi connectivity index (χ1v) is 6.38. The molecule has 0 aromatic rings. The largest absolute Gasteiger partial charge is 0.481 e. The fraction of sp³-hybridized carbons (Fsp3) is 0.923. The molecule has 0 heterocycles. The van der Waals surface area contributed by atoms with Crippen molar-refractivity contribution in [2.75, 3.05) is 0 Å². The molecule has 1 atom stereocenters. The topological polar surface area (TPSA) is 37.3 Å². The van der Waals surface area contributed by atoms with Crippen molar-refractivity contribution in [2.24, 2.45) is 5.92 Å². The van der Waals surface area contributed by atoms with Gasteiger partial charge in [0.1, 0.15) is 0 Å². The van der Waals surface area contributed by atoms with Crippen molar-refractivity contribution >= 4 is 5.97 Å². The number of carbonyl (C=O) groups is 1. The van der Waals surface area contributed by atoms with Crippen LogP contribution >= 0.6 is 0 Å². The second kappa shape index (κ2) is 10.0. The average Bonchev–Trinajstić information content (AvgIpc) is 2.20. The fourth-order valence-corrected chi connectivity index (χ4v) is 1.79. The summed E-state index contributed by atoms with van der Waals surface area (Å²) in [7, 11) is 0. The summed E-state index contributed by atoms with van der Waals surface area (Å²) < 4.78 is 0. The van der Waals surface area contributed by atoms with Gasteiger partial charge in [0.05, 0.1) is 0 Å². The van der Waals surface area contributed by atoms with Gasteiger partial charge in [0.15, 0.2) is 0 Å². The summed E-state index contributed by atoms with van der Waals surface area (Å²) in [5.41, 5.74) is 0. The Kier molecular flexibility index (Phi) is 9.65. The van der Waals surface area contributed by atoms with E-state index in [-0.39, 0.29) is 0 Å². The predicted octanol–water partition coefficient (Wildman–Crippen LogP) is 4.24. The van der Waals surface area contributed by atoms with Crippen molar-refractivity contribution in [3.8, 4) is 0 Å². The molecule has 0 aliphatic rings. The van der Waals surface area contributed by atoms with E-state index < -0.39 is 5.97 Å². The molecule has 2 heteroatoms. The Morgan fingerprint density at radius 3 is 2.27 bits per heavy atom. The van der Waals surface area contributed by atoms with E-state index in [1.165, 1.54) is 44.9 Å². The molecule has 90 valence electrons. The maximum atomic E-state index is 10.4. The van der Waals surface area contributed by atoms with Crippen LogP contribution in [0.5, 0.6) is 0 Å². The lowest BCUT2D eigenvalue weighted by atomic mass is 9.97. The van der Waals surface area contributed by atoms with Crippen molar-refractivity contribution in [1.82, 2.24) is 0 Å². The summed E-state index contributed by atoms with van der Waals surface area (Å²) in [6, 6.07) is 0. The monoisotopic (exact) mass is 214 g/mol. The van der Waals surface area contributed by atoms with Gasteiger partial charge in [-0.15, -0.1) is 0 Å². The lowest BCUT2D eigenvalue weighted by Gasteiger charge is -2.09. The first kappa shape index (κ1) is 14.5. The van der Waals surface area contributed by atoms with Crippen LogP contribution in [0.4, 0.5) is 0 Å². The van der Waals surface area contributed by atoms with Crippen LogP contribution < -0.4 is 0 Å². The minimum atomic E-state index is -0.662. The van der Waals surface area contributed by atoms with E-state index in [1.807, 2.05) is 0 Å². The average molecular weight is 214 g/mol. The first-order chi connectivity index (χ1) is 7.16. The zero-order valence-corrected chi connectivity index (χ0v) is 10.3. The van der Waals surface area contributed by atoms with Gasteiger partial charge >= 0.3 is 5.97 Å². The molecule has 2 nitrogen and oxygen atoms in total. The van der Waals surface area contributed by atoms with E-state index in [9.17, 15) is 4.79 Å². The fourth-order valence-electron chi connectivity index (χ4n) is 1.79. The zero-order valence-electron chi connectivity index (χ0n) is 10.3. The molecule has 0 aromatic heterocycles. The summed E-state index contributed by atoms with van der Waals surface area (Å²) in [5.74, 6) is -0.0860. The number of rotatable bonds is 10. The smallest absolute Gasteiger partial charge is 0.303 e. The first-order valence-electron chi connectivity index (χ1n) is 6.38. The molecule has 1 unspecified atom stereocenters. The Labute approximate surface area is 94.1 Å². The van der Waals surface area contributed by atoms with Crippen LogP contribution in [0.25, 0.3) is 0 Å². The van der Waals surface area contributed by atoms with Crippen LogP contribution in [0.15, 0.2) is 0 Å². The van der Waals surface area contributed by atoms with E-state index in [0.29, 0.717) is 12.3 Å². The lowest BCUT2D eigenvalue weighted by molar-refractivity contribution is -0.137. The highest BCUT2D eigenvalue weighted by Gasteiger charge is 2.04. The van der Waals surface area contributed by atoms with Gasteiger partial charge in [0, 0.05) is 6.42 Å². The minimum Gasteiger partial charge on any atom is -0.481 e. The Hall–Kier alpha value is -0.530. The molecule has 0 saturated carbocycles. The second-order valence-electron chi connectivity index (χ2n) is 4.59. The predicted molar refractivity (Wildman–Crippen MR) is 64.0 cm³/mol. The molecule has 0 aromatic carbocycles. The van der Waals surface area contributed by atoms with E-state index >= 15 is 0 Å². The third kappa shape index (κ3) is 11.4. The van der Waals surface area contributed by atoms with Crippen LogP contribution in [0, 0.1) is 5.92 Å². The molecule has 0 rings (SSSR count). The number of unbranched alkanes of at least 4 members (excludes halogenated alkanes) is 5. The standard InChI is InChI=1S/C13H26O2/c1-3-4-5-6-7-8-9-12(2)10-11-13(14)15/h12H,3-11H2,1-2H3,(H,14,15). The molecule has 0 fully saturated rings. The molecule has 0 amide bonds. The number of aliphatic carboxylic acids is 1. The summed E-state index contributed by atoms with van der Waals surface area (Å²) in [4.78, 5) is 10.4. The quantitative estimate of drug-likeness (QED) is 0.552. The number of hydrogen-bond donors (Lipinski definition) is 1. The molecule has 0 spiro atoms. The van der Waals surface area contributed by atoms with Gasteiger partial charge in [-0.05, 0) is 12.3 Å². The van der Waals surface area contributed by atoms with Crippen molar-refractivity contribution in [3.05, 3.63) is 0 Å². The highest BCUT2D eigenvalue weighted by Crippen LogP contribution is 2.15. The number of hydrogen-bond acceptors (Lipinski definition) is 1. The lowest BCUT2D eigenvalue weighted by Crippen LogP contribution is -2.01. The van der Waals surface area contributed by atoms with Crippen molar-refractivity contribution in [1.29, 1.82) is 0 Å². The summed E-state index contributed by atoms with van der Waals surface area (Å²) in [6.45, 7) is 4.39. The molecule has 0 bridgehead atoms. The Balaban J connectivity index is 3.16. The van der Waals surface area contributed by atoms with Gasteiger partial charge in [-0.25, -0.2) is 0 Å². The maximum Gasteiger partial charge on any atom is 0.303 e. The SMILES string of the molecule is CCCCCCCCC(C)CCC(=O)O. The highest BCUT2D eigenvalue weighted by atomic mass is 16.4.